The van der Waals surface area contributed by atoms with E-state index in [4.69, 9.17) is 21.0 Å². The Morgan fingerprint density at radius 3 is 2.70 bits per heavy atom. The summed E-state index contributed by atoms with van der Waals surface area (Å²) in [6, 6.07) is 17.9. The number of furan rings is 1. The molecule has 1 atom stereocenters. The lowest BCUT2D eigenvalue weighted by Gasteiger charge is -2.30. The molecule has 9 heteroatoms. The number of thioether (sulfide) groups is 1. The maximum atomic E-state index is 12.9. The lowest BCUT2D eigenvalue weighted by molar-refractivity contribution is -0.126. The topological polar surface area (TPSA) is 87.3 Å². The van der Waals surface area contributed by atoms with Crippen molar-refractivity contribution in [3.63, 3.8) is 0 Å². The molecule has 3 aromatic rings. The van der Waals surface area contributed by atoms with Crippen LogP contribution in [-0.2, 0) is 21.9 Å². The molecule has 2 amide bonds. The van der Waals surface area contributed by atoms with Crippen LogP contribution in [0.2, 0.25) is 5.02 Å². The summed E-state index contributed by atoms with van der Waals surface area (Å²) in [6.45, 7) is 0.259. The van der Waals surface area contributed by atoms with Crippen molar-refractivity contribution < 1.29 is 14.0 Å². The number of hydrogen-bond donors (Lipinski definition) is 1. The van der Waals surface area contributed by atoms with Crippen LogP contribution in [0.15, 0.2) is 81.3 Å². The third-order valence-corrected chi connectivity index (χ3v) is 6.58. The Kier molecular flexibility index (Phi) is 6.02. The molecule has 1 aromatic heterocycles. The molecule has 2 aliphatic rings. The van der Waals surface area contributed by atoms with Crippen molar-refractivity contribution >= 4 is 51.9 Å². The van der Waals surface area contributed by atoms with Crippen LogP contribution in [0, 0.1) is 0 Å². The predicted molar refractivity (Wildman–Crippen MR) is 129 cm³/mol. The van der Waals surface area contributed by atoms with Gasteiger partial charge in [-0.25, -0.2) is 4.99 Å². The maximum Gasteiger partial charge on any atom is 0.271 e. The molecule has 5 rings (SSSR count). The molecule has 1 N–H and O–H groups in total. The molecule has 0 saturated heterocycles. The number of halogens is 1. The van der Waals surface area contributed by atoms with Crippen LogP contribution in [0.5, 0.6) is 0 Å². The van der Waals surface area contributed by atoms with Crippen LogP contribution in [0.1, 0.15) is 23.3 Å². The molecule has 166 valence electrons. The fourth-order valence-corrected chi connectivity index (χ4v) is 4.81. The third-order valence-electron chi connectivity index (χ3n) is 5.31. The largest absolute Gasteiger partial charge is 0.467 e. The first-order valence-corrected chi connectivity index (χ1v) is 11.7. The SMILES string of the molecule is O=C(CC1C(=O)N=C2c3ccccc3N=C(SCc3ccc(Cl)cc3)N21)NCc1ccco1. The highest BCUT2D eigenvalue weighted by Gasteiger charge is 2.42. The number of carbonyl (C=O) groups excluding carboxylic acids is 2. The van der Waals surface area contributed by atoms with E-state index in [-0.39, 0.29) is 24.8 Å². The Bertz CT molecular complexity index is 1250. The number of amides is 2. The van der Waals surface area contributed by atoms with Gasteiger partial charge in [0.05, 0.1) is 24.9 Å². The predicted octanol–water partition coefficient (Wildman–Crippen LogP) is 4.53. The van der Waals surface area contributed by atoms with Crippen molar-refractivity contribution in [2.75, 3.05) is 0 Å². The maximum absolute atomic E-state index is 12.9. The van der Waals surface area contributed by atoms with E-state index in [0.29, 0.717) is 27.5 Å². The number of hydrogen-bond acceptors (Lipinski definition) is 6. The standard InChI is InChI=1S/C24H19ClN4O3S/c25-16-9-7-15(8-10-16)14-33-24-27-19-6-2-1-5-18(19)22-28-23(31)20(29(22)24)12-21(30)26-13-17-4-3-11-32-17/h1-11,20H,12-14H2,(H,26,30). The molecule has 33 heavy (non-hydrogen) atoms. The first-order chi connectivity index (χ1) is 16.1. The summed E-state index contributed by atoms with van der Waals surface area (Å²) in [5.41, 5.74) is 2.60. The van der Waals surface area contributed by atoms with Gasteiger partial charge in [-0.1, -0.05) is 47.6 Å². The average Bonchev–Trinajstić information content (AvgIpc) is 3.45. The van der Waals surface area contributed by atoms with Gasteiger partial charge in [-0.3, -0.25) is 14.5 Å². The van der Waals surface area contributed by atoms with Gasteiger partial charge in [0.25, 0.3) is 5.91 Å². The molecular formula is C24H19ClN4O3S. The van der Waals surface area contributed by atoms with Gasteiger partial charge in [-0.05, 0) is 42.0 Å². The van der Waals surface area contributed by atoms with Crippen molar-refractivity contribution in [1.29, 1.82) is 0 Å². The van der Waals surface area contributed by atoms with E-state index in [1.807, 2.05) is 48.5 Å². The van der Waals surface area contributed by atoms with Crippen LogP contribution >= 0.6 is 23.4 Å². The van der Waals surface area contributed by atoms with Gasteiger partial charge < -0.3 is 9.73 Å². The Labute approximate surface area is 199 Å². The van der Waals surface area contributed by atoms with Crippen LogP contribution < -0.4 is 5.32 Å². The van der Waals surface area contributed by atoms with E-state index in [9.17, 15) is 9.59 Å². The van der Waals surface area contributed by atoms with E-state index in [2.05, 4.69) is 10.3 Å². The van der Waals surface area contributed by atoms with Crippen LogP contribution in [-0.4, -0.2) is 33.8 Å². The minimum absolute atomic E-state index is 0.0325. The second-order valence-electron chi connectivity index (χ2n) is 7.55. The number of nitrogens with zero attached hydrogens (tertiary/aromatic N) is 3. The monoisotopic (exact) mass is 478 g/mol. The number of benzene rings is 2. The summed E-state index contributed by atoms with van der Waals surface area (Å²) in [6.07, 6.45) is 1.52. The van der Waals surface area contributed by atoms with E-state index in [1.54, 1.807) is 23.3 Å². The molecule has 3 heterocycles. The Morgan fingerprint density at radius 1 is 1.09 bits per heavy atom. The number of fused-ring (bicyclic) bond motifs is 3. The fourth-order valence-electron chi connectivity index (χ4n) is 3.68. The summed E-state index contributed by atoms with van der Waals surface area (Å²) in [7, 11) is 0. The van der Waals surface area contributed by atoms with Crippen molar-refractivity contribution in [1.82, 2.24) is 10.2 Å². The summed E-state index contributed by atoms with van der Waals surface area (Å²) >= 11 is 7.49. The number of nitrogens with one attached hydrogen (secondary N) is 1. The van der Waals surface area contributed by atoms with Crippen molar-refractivity contribution in [2.24, 2.45) is 9.98 Å². The number of carbonyl (C=O) groups is 2. The second kappa shape index (κ2) is 9.25. The van der Waals surface area contributed by atoms with E-state index >= 15 is 0 Å². The molecule has 2 aliphatic heterocycles. The number of rotatable bonds is 6. The third kappa shape index (κ3) is 4.58. The Hall–Kier alpha value is -3.36. The molecule has 7 nitrogen and oxygen atoms in total. The van der Waals surface area contributed by atoms with Crippen LogP contribution in [0.3, 0.4) is 0 Å². The van der Waals surface area contributed by atoms with Crippen LogP contribution in [0.4, 0.5) is 5.69 Å². The van der Waals surface area contributed by atoms with E-state index in [0.717, 1.165) is 16.8 Å². The van der Waals surface area contributed by atoms with Gasteiger partial charge in [-0.2, -0.15) is 4.99 Å². The first kappa shape index (κ1) is 21.5. The van der Waals surface area contributed by atoms with E-state index < -0.39 is 6.04 Å². The lowest BCUT2D eigenvalue weighted by atomic mass is 10.1. The van der Waals surface area contributed by atoms with Gasteiger partial charge in [-0.15, -0.1) is 0 Å². The highest BCUT2D eigenvalue weighted by molar-refractivity contribution is 8.13. The van der Waals surface area contributed by atoms with Crippen molar-refractivity contribution in [2.45, 2.75) is 24.8 Å². The minimum Gasteiger partial charge on any atom is -0.467 e. The quantitative estimate of drug-likeness (QED) is 0.562. The number of para-hydroxylation sites is 1. The molecule has 0 fully saturated rings. The second-order valence-corrected chi connectivity index (χ2v) is 8.93. The minimum atomic E-state index is -0.749. The van der Waals surface area contributed by atoms with E-state index in [1.165, 1.54) is 11.8 Å². The van der Waals surface area contributed by atoms with Crippen molar-refractivity contribution in [3.05, 3.63) is 88.8 Å². The normalized spacial score (nSPS) is 16.7. The first-order valence-electron chi connectivity index (χ1n) is 10.3. The Morgan fingerprint density at radius 2 is 1.91 bits per heavy atom. The van der Waals surface area contributed by atoms with Crippen molar-refractivity contribution in [3.8, 4) is 0 Å². The summed E-state index contributed by atoms with van der Waals surface area (Å²) in [5, 5.41) is 4.11. The molecule has 1 unspecified atom stereocenters. The highest BCUT2D eigenvalue weighted by atomic mass is 35.5. The lowest BCUT2D eigenvalue weighted by Crippen LogP contribution is -2.45. The fraction of sp³-hybridized carbons (Fsp3) is 0.167. The Balaban J connectivity index is 1.37. The summed E-state index contributed by atoms with van der Waals surface area (Å²) in [5.74, 6) is 1.20. The molecule has 2 aromatic carbocycles. The van der Waals surface area contributed by atoms with Gasteiger partial charge in [0.1, 0.15) is 17.6 Å². The van der Waals surface area contributed by atoms with Crippen LogP contribution in [0.25, 0.3) is 0 Å². The summed E-state index contributed by atoms with van der Waals surface area (Å²) in [4.78, 5) is 36.4. The van der Waals surface area contributed by atoms with Gasteiger partial charge >= 0.3 is 0 Å². The smallest absolute Gasteiger partial charge is 0.271 e. The number of amidine groups is 2. The number of aliphatic imine (C=N–C) groups is 2. The van der Waals surface area contributed by atoms with Gasteiger partial charge in [0, 0.05) is 16.3 Å². The molecule has 0 saturated carbocycles. The molecule has 0 spiro atoms. The van der Waals surface area contributed by atoms with Gasteiger partial charge in [0.15, 0.2) is 5.17 Å². The molecule has 0 radical (unpaired) electrons. The molecular weight excluding hydrogens is 460 g/mol. The molecule has 0 aliphatic carbocycles. The zero-order valence-electron chi connectivity index (χ0n) is 17.4. The average molecular weight is 479 g/mol. The summed E-state index contributed by atoms with van der Waals surface area (Å²) < 4.78 is 5.25. The van der Waals surface area contributed by atoms with Gasteiger partial charge in [0.2, 0.25) is 5.91 Å². The highest BCUT2D eigenvalue weighted by Crippen LogP contribution is 2.35. The molecule has 0 bridgehead atoms. The zero-order chi connectivity index (χ0) is 22.8. The zero-order valence-corrected chi connectivity index (χ0v) is 19.0.